The lowest BCUT2D eigenvalue weighted by molar-refractivity contribution is -0.129. The molecule has 1 fully saturated rings. The minimum Gasteiger partial charge on any atom is -0.341 e. The summed E-state index contributed by atoms with van der Waals surface area (Å²) in [6, 6.07) is 10.6. The van der Waals surface area contributed by atoms with Gasteiger partial charge in [0.2, 0.25) is 5.91 Å². The zero-order chi connectivity index (χ0) is 18.5. The van der Waals surface area contributed by atoms with E-state index >= 15 is 0 Å². The fourth-order valence-electron chi connectivity index (χ4n) is 3.10. The Bertz CT molecular complexity index is 851. The van der Waals surface area contributed by atoms with Crippen molar-refractivity contribution in [2.75, 3.05) is 18.8 Å². The number of piperidine rings is 1. The third-order valence-electron chi connectivity index (χ3n) is 4.38. The second-order valence-electron chi connectivity index (χ2n) is 6.39. The molecular weight excluding hydrogens is 350 g/mol. The normalized spacial score (nSPS) is 17.1. The Morgan fingerprint density at radius 1 is 1.31 bits per heavy atom. The van der Waals surface area contributed by atoms with Crippen LogP contribution in [0.4, 0.5) is 0 Å². The number of aromatic amines is 1. The number of hydrogen-bond acceptors (Lipinski definition) is 5. The topological polar surface area (TPSA) is 83.1 Å². The summed E-state index contributed by atoms with van der Waals surface area (Å²) in [7, 11) is 0. The molecule has 136 valence electrons. The summed E-state index contributed by atoms with van der Waals surface area (Å²) in [6.45, 7) is 2.85. The van der Waals surface area contributed by atoms with E-state index in [0.717, 1.165) is 12.8 Å². The van der Waals surface area contributed by atoms with E-state index in [0.29, 0.717) is 29.5 Å². The Labute approximate surface area is 156 Å². The number of thioether (sulfide) groups is 1. The van der Waals surface area contributed by atoms with Crippen molar-refractivity contribution >= 4 is 23.5 Å². The smallest absolute Gasteiger partial charge is 0.251 e. The SMILES string of the molecule is Cc1cc(=O)[nH]c(SCC(=O)N2CCCC(C(=O)c3ccccc3)C2)n1. The molecule has 1 saturated heterocycles. The first-order chi connectivity index (χ1) is 12.5. The highest BCUT2D eigenvalue weighted by Crippen LogP contribution is 2.22. The van der Waals surface area contributed by atoms with Crippen LogP contribution in [0, 0.1) is 12.8 Å². The molecule has 7 heteroatoms. The van der Waals surface area contributed by atoms with Gasteiger partial charge in [-0.2, -0.15) is 0 Å². The van der Waals surface area contributed by atoms with Crippen molar-refractivity contribution in [2.24, 2.45) is 5.92 Å². The molecule has 0 radical (unpaired) electrons. The molecule has 0 aliphatic carbocycles. The van der Waals surface area contributed by atoms with Crippen molar-refractivity contribution in [3.8, 4) is 0 Å². The van der Waals surface area contributed by atoms with Gasteiger partial charge >= 0.3 is 0 Å². The molecule has 1 aliphatic heterocycles. The number of amides is 1. The predicted octanol–water partition coefficient (Wildman–Crippen LogP) is 2.29. The quantitative estimate of drug-likeness (QED) is 0.495. The average molecular weight is 371 g/mol. The highest BCUT2D eigenvalue weighted by Gasteiger charge is 2.28. The van der Waals surface area contributed by atoms with E-state index in [1.165, 1.54) is 17.8 Å². The average Bonchev–Trinajstić information content (AvgIpc) is 2.65. The monoisotopic (exact) mass is 371 g/mol. The lowest BCUT2D eigenvalue weighted by atomic mass is 9.90. The summed E-state index contributed by atoms with van der Waals surface area (Å²) in [6.07, 6.45) is 1.62. The van der Waals surface area contributed by atoms with Crippen LogP contribution in [0.25, 0.3) is 0 Å². The summed E-state index contributed by atoms with van der Waals surface area (Å²) in [5, 5.41) is 0.442. The van der Waals surface area contributed by atoms with E-state index in [1.807, 2.05) is 30.3 Å². The van der Waals surface area contributed by atoms with Crippen molar-refractivity contribution in [3.05, 3.63) is 58.0 Å². The number of ketones is 1. The number of aryl methyl sites for hydroxylation is 1. The first-order valence-corrected chi connectivity index (χ1v) is 9.59. The number of aromatic nitrogens is 2. The van der Waals surface area contributed by atoms with Gasteiger partial charge in [-0.3, -0.25) is 14.4 Å². The van der Waals surface area contributed by atoms with E-state index < -0.39 is 0 Å². The van der Waals surface area contributed by atoms with Crippen LogP contribution in [0.5, 0.6) is 0 Å². The second-order valence-corrected chi connectivity index (χ2v) is 7.35. The number of Topliss-reactive ketones (excluding diaryl/α,β-unsaturated/α-hetero) is 1. The molecule has 3 rings (SSSR count). The van der Waals surface area contributed by atoms with Crippen LogP contribution in [0.15, 0.2) is 46.3 Å². The van der Waals surface area contributed by atoms with Crippen molar-refractivity contribution in [1.29, 1.82) is 0 Å². The maximum Gasteiger partial charge on any atom is 0.251 e. The van der Waals surface area contributed by atoms with Gasteiger partial charge in [0, 0.05) is 36.3 Å². The second kappa shape index (κ2) is 8.31. The molecule has 1 N–H and O–H groups in total. The highest BCUT2D eigenvalue weighted by molar-refractivity contribution is 7.99. The first kappa shape index (κ1) is 18.4. The zero-order valence-corrected chi connectivity index (χ0v) is 15.4. The fourth-order valence-corrected chi connectivity index (χ4v) is 3.92. The number of nitrogens with one attached hydrogen (secondary N) is 1. The van der Waals surface area contributed by atoms with E-state index in [4.69, 9.17) is 0 Å². The van der Waals surface area contributed by atoms with Gasteiger partial charge in [-0.15, -0.1) is 0 Å². The van der Waals surface area contributed by atoms with Gasteiger partial charge in [0.05, 0.1) is 5.75 Å². The largest absolute Gasteiger partial charge is 0.341 e. The van der Waals surface area contributed by atoms with Gasteiger partial charge in [0.15, 0.2) is 10.9 Å². The number of H-pyrrole nitrogens is 1. The Morgan fingerprint density at radius 3 is 2.81 bits per heavy atom. The summed E-state index contributed by atoms with van der Waals surface area (Å²) in [4.78, 5) is 45.2. The number of hydrogen-bond donors (Lipinski definition) is 1. The molecule has 0 saturated carbocycles. The number of benzene rings is 1. The molecule has 26 heavy (non-hydrogen) atoms. The van der Waals surface area contributed by atoms with Crippen LogP contribution in [0.3, 0.4) is 0 Å². The molecule has 1 aliphatic rings. The minimum atomic E-state index is -0.223. The third kappa shape index (κ3) is 4.60. The van der Waals surface area contributed by atoms with E-state index in [9.17, 15) is 14.4 Å². The van der Waals surface area contributed by atoms with Crippen molar-refractivity contribution in [3.63, 3.8) is 0 Å². The van der Waals surface area contributed by atoms with Gasteiger partial charge in [-0.1, -0.05) is 42.1 Å². The number of nitrogens with zero attached hydrogens (tertiary/aromatic N) is 2. The number of carbonyl (C=O) groups is 2. The van der Waals surface area contributed by atoms with Crippen LogP contribution in [0.2, 0.25) is 0 Å². The Morgan fingerprint density at radius 2 is 2.08 bits per heavy atom. The Kier molecular flexibility index (Phi) is 5.88. The third-order valence-corrected chi connectivity index (χ3v) is 5.24. The zero-order valence-electron chi connectivity index (χ0n) is 14.6. The van der Waals surface area contributed by atoms with E-state index in [1.54, 1.807) is 11.8 Å². The molecule has 2 aromatic rings. The van der Waals surface area contributed by atoms with Gasteiger partial charge in [-0.05, 0) is 19.8 Å². The summed E-state index contributed by atoms with van der Waals surface area (Å²) >= 11 is 1.21. The van der Waals surface area contributed by atoms with Gasteiger partial charge < -0.3 is 9.88 Å². The Hall–Kier alpha value is -2.41. The maximum absolute atomic E-state index is 12.6. The van der Waals surface area contributed by atoms with Crippen LogP contribution in [-0.4, -0.2) is 45.4 Å². The number of carbonyl (C=O) groups excluding carboxylic acids is 2. The standard InChI is InChI=1S/C19H21N3O3S/c1-13-10-16(23)21-19(20-13)26-12-17(24)22-9-5-8-15(11-22)18(25)14-6-3-2-4-7-14/h2-4,6-7,10,15H,5,8-9,11-12H2,1H3,(H,20,21,23). The first-order valence-electron chi connectivity index (χ1n) is 8.61. The number of rotatable bonds is 5. The molecule has 1 unspecified atom stereocenters. The molecule has 1 aromatic carbocycles. The molecule has 1 atom stereocenters. The predicted molar refractivity (Wildman–Crippen MR) is 100 cm³/mol. The van der Waals surface area contributed by atoms with Gasteiger partial charge in [0.1, 0.15) is 0 Å². The number of likely N-dealkylation sites (tertiary alicyclic amines) is 1. The van der Waals surface area contributed by atoms with Crippen LogP contribution >= 0.6 is 11.8 Å². The lowest BCUT2D eigenvalue weighted by Gasteiger charge is -2.32. The minimum absolute atomic E-state index is 0.0373. The molecule has 6 nitrogen and oxygen atoms in total. The molecular formula is C19H21N3O3S. The van der Waals surface area contributed by atoms with Crippen molar-refractivity contribution < 1.29 is 9.59 Å². The highest BCUT2D eigenvalue weighted by atomic mass is 32.2. The van der Waals surface area contributed by atoms with Crippen LogP contribution in [0.1, 0.15) is 28.9 Å². The van der Waals surface area contributed by atoms with Crippen molar-refractivity contribution in [2.45, 2.75) is 24.9 Å². The summed E-state index contributed by atoms with van der Waals surface area (Å²) < 4.78 is 0. The molecule has 0 bridgehead atoms. The van der Waals surface area contributed by atoms with Gasteiger partial charge in [-0.25, -0.2) is 4.98 Å². The molecule has 1 amide bonds. The van der Waals surface area contributed by atoms with E-state index in [2.05, 4.69) is 9.97 Å². The Balaban J connectivity index is 1.59. The molecule has 0 spiro atoms. The van der Waals surface area contributed by atoms with Crippen LogP contribution < -0.4 is 5.56 Å². The lowest BCUT2D eigenvalue weighted by Crippen LogP contribution is -2.43. The maximum atomic E-state index is 12.6. The molecule has 1 aromatic heterocycles. The summed E-state index contributed by atoms with van der Waals surface area (Å²) in [5.74, 6) is 0.0979. The van der Waals surface area contributed by atoms with E-state index in [-0.39, 0.29) is 28.9 Å². The van der Waals surface area contributed by atoms with Gasteiger partial charge in [0.25, 0.3) is 5.56 Å². The van der Waals surface area contributed by atoms with Crippen molar-refractivity contribution in [1.82, 2.24) is 14.9 Å². The fraction of sp³-hybridized carbons (Fsp3) is 0.368. The molecule has 2 heterocycles. The summed E-state index contributed by atoms with van der Waals surface area (Å²) in [5.41, 5.74) is 1.09. The van der Waals surface area contributed by atoms with Crippen LogP contribution in [-0.2, 0) is 4.79 Å².